The van der Waals surface area contributed by atoms with Crippen LogP contribution in [0.25, 0.3) is 10.9 Å². The van der Waals surface area contributed by atoms with E-state index in [1.54, 1.807) is 20.5 Å². The Labute approximate surface area is 145 Å². The summed E-state index contributed by atoms with van der Waals surface area (Å²) in [5.74, 6) is 3.26. The van der Waals surface area contributed by atoms with Crippen LogP contribution in [0, 0.1) is 5.92 Å². The monoisotopic (exact) mass is 331 g/mol. The molecular formula is C19H29N3O2. The predicted octanol–water partition coefficient (Wildman–Crippen LogP) is 4.30. The maximum absolute atomic E-state index is 5.42. The standard InChI is InChI=1S/C17H23N3O2.C2H6/c1-4-12-5-7-20(8-6-12)17-13-9-15(21-2)16(22-3)10-14(13)18-11-19-17;1-2/h9-12H,4-8H2,1-3H3;1-2H3. The van der Waals surface area contributed by atoms with Gasteiger partial charge in [0.15, 0.2) is 11.5 Å². The molecular weight excluding hydrogens is 302 g/mol. The van der Waals surface area contributed by atoms with E-state index in [-0.39, 0.29) is 0 Å². The number of hydrogen-bond acceptors (Lipinski definition) is 5. The molecule has 1 aliphatic rings. The van der Waals surface area contributed by atoms with E-state index in [4.69, 9.17) is 9.47 Å². The highest BCUT2D eigenvalue weighted by atomic mass is 16.5. The second-order valence-corrected chi connectivity index (χ2v) is 5.76. The van der Waals surface area contributed by atoms with Crippen molar-refractivity contribution in [2.75, 3.05) is 32.2 Å². The van der Waals surface area contributed by atoms with Crippen molar-refractivity contribution < 1.29 is 9.47 Å². The largest absolute Gasteiger partial charge is 0.493 e. The summed E-state index contributed by atoms with van der Waals surface area (Å²) in [5.41, 5.74) is 0.889. The first-order chi connectivity index (χ1) is 11.8. The van der Waals surface area contributed by atoms with Gasteiger partial charge in [-0.3, -0.25) is 0 Å². The first-order valence-electron chi connectivity index (χ1n) is 8.88. The molecule has 2 aromatic rings. The zero-order chi connectivity index (χ0) is 17.5. The molecule has 1 saturated heterocycles. The van der Waals surface area contributed by atoms with Crippen LogP contribution in [-0.4, -0.2) is 37.3 Å². The highest BCUT2D eigenvalue weighted by Crippen LogP contribution is 2.35. The van der Waals surface area contributed by atoms with Gasteiger partial charge in [0, 0.05) is 24.5 Å². The van der Waals surface area contributed by atoms with E-state index in [1.807, 2.05) is 26.0 Å². The van der Waals surface area contributed by atoms with Crippen molar-refractivity contribution in [2.45, 2.75) is 40.0 Å². The lowest BCUT2D eigenvalue weighted by Crippen LogP contribution is -2.34. The molecule has 1 aromatic carbocycles. The number of nitrogens with zero attached hydrogens (tertiary/aromatic N) is 3. The van der Waals surface area contributed by atoms with Gasteiger partial charge in [0.1, 0.15) is 12.1 Å². The van der Waals surface area contributed by atoms with Crippen LogP contribution >= 0.6 is 0 Å². The van der Waals surface area contributed by atoms with Crippen molar-refractivity contribution in [1.82, 2.24) is 9.97 Å². The van der Waals surface area contributed by atoms with Crippen LogP contribution in [0.3, 0.4) is 0 Å². The van der Waals surface area contributed by atoms with Crippen LogP contribution in [0.4, 0.5) is 5.82 Å². The van der Waals surface area contributed by atoms with Crippen molar-refractivity contribution in [3.63, 3.8) is 0 Å². The highest BCUT2D eigenvalue weighted by molar-refractivity contribution is 5.92. The molecule has 0 aliphatic carbocycles. The number of benzene rings is 1. The third-order valence-electron chi connectivity index (χ3n) is 4.61. The molecule has 0 radical (unpaired) electrons. The summed E-state index contributed by atoms with van der Waals surface area (Å²) in [4.78, 5) is 11.3. The van der Waals surface area contributed by atoms with Crippen LogP contribution in [0.5, 0.6) is 11.5 Å². The van der Waals surface area contributed by atoms with Gasteiger partial charge in [-0.2, -0.15) is 0 Å². The average molecular weight is 331 g/mol. The van der Waals surface area contributed by atoms with Crippen LogP contribution < -0.4 is 14.4 Å². The summed E-state index contributed by atoms with van der Waals surface area (Å²) in [6.45, 7) is 8.38. The van der Waals surface area contributed by atoms with E-state index in [2.05, 4.69) is 21.8 Å². The maximum Gasteiger partial charge on any atom is 0.162 e. The van der Waals surface area contributed by atoms with Crippen molar-refractivity contribution in [3.8, 4) is 11.5 Å². The molecule has 0 unspecified atom stereocenters. The first kappa shape index (κ1) is 18.3. The number of fused-ring (bicyclic) bond motifs is 1. The summed E-state index contributed by atoms with van der Waals surface area (Å²) in [5, 5.41) is 1.02. The Morgan fingerprint density at radius 2 is 1.67 bits per heavy atom. The SMILES string of the molecule is CC.CCC1CCN(c2ncnc3cc(OC)c(OC)cc23)CC1. The number of anilines is 1. The molecule has 0 atom stereocenters. The number of rotatable bonds is 4. The fourth-order valence-electron chi connectivity index (χ4n) is 3.17. The number of piperidine rings is 1. The second kappa shape index (κ2) is 8.71. The fraction of sp³-hybridized carbons (Fsp3) is 0.579. The third-order valence-corrected chi connectivity index (χ3v) is 4.61. The van der Waals surface area contributed by atoms with E-state index >= 15 is 0 Å². The van der Waals surface area contributed by atoms with E-state index in [9.17, 15) is 0 Å². The second-order valence-electron chi connectivity index (χ2n) is 5.76. The van der Waals surface area contributed by atoms with Gasteiger partial charge in [-0.15, -0.1) is 0 Å². The van der Waals surface area contributed by atoms with Gasteiger partial charge < -0.3 is 14.4 Å². The van der Waals surface area contributed by atoms with Crippen LogP contribution in [-0.2, 0) is 0 Å². The molecule has 0 bridgehead atoms. The summed E-state index contributed by atoms with van der Waals surface area (Å²) < 4.78 is 10.8. The maximum atomic E-state index is 5.42. The van der Waals surface area contributed by atoms with Gasteiger partial charge in [0.05, 0.1) is 19.7 Å². The molecule has 2 heterocycles. The smallest absolute Gasteiger partial charge is 0.162 e. The summed E-state index contributed by atoms with van der Waals surface area (Å²) in [7, 11) is 3.29. The Bertz CT molecular complexity index is 652. The Hall–Kier alpha value is -2.04. The summed E-state index contributed by atoms with van der Waals surface area (Å²) in [6, 6.07) is 3.90. The molecule has 0 N–H and O–H groups in total. The number of ether oxygens (including phenoxy) is 2. The van der Waals surface area contributed by atoms with E-state index in [0.717, 1.165) is 41.5 Å². The molecule has 3 rings (SSSR count). The summed E-state index contributed by atoms with van der Waals surface area (Å²) in [6.07, 6.45) is 5.36. The lowest BCUT2D eigenvalue weighted by Gasteiger charge is -2.32. The number of hydrogen-bond donors (Lipinski definition) is 0. The lowest BCUT2D eigenvalue weighted by atomic mass is 9.94. The van der Waals surface area contributed by atoms with E-state index in [1.165, 1.54) is 19.3 Å². The average Bonchev–Trinajstić information content (AvgIpc) is 2.68. The van der Waals surface area contributed by atoms with Crippen molar-refractivity contribution in [1.29, 1.82) is 0 Å². The molecule has 0 saturated carbocycles. The van der Waals surface area contributed by atoms with Gasteiger partial charge in [0.2, 0.25) is 0 Å². The molecule has 1 aliphatic heterocycles. The van der Waals surface area contributed by atoms with Crippen molar-refractivity contribution in [3.05, 3.63) is 18.5 Å². The fourth-order valence-corrected chi connectivity index (χ4v) is 3.17. The third kappa shape index (κ3) is 3.71. The van der Waals surface area contributed by atoms with Crippen molar-refractivity contribution >= 4 is 16.7 Å². The topological polar surface area (TPSA) is 47.5 Å². The molecule has 132 valence electrons. The van der Waals surface area contributed by atoms with Crippen LogP contribution in [0.15, 0.2) is 18.5 Å². The van der Waals surface area contributed by atoms with Gasteiger partial charge in [0.25, 0.3) is 0 Å². The zero-order valence-corrected chi connectivity index (χ0v) is 15.5. The van der Waals surface area contributed by atoms with E-state index in [0.29, 0.717) is 5.75 Å². The van der Waals surface area contributed by atoms with Crippen LogP contribution in [0.1, 0.15) is 40.0 Å². The molecule has 1 fully saturated rings. The quantitative estimate of drug-likeness (QED) is 0.836. The number of methoxy groups -OCH3 is 2. The van der Waals surface area contributed by atoms with Gasteiger partial charge >= 0.3 is 0 Å². The minimum Gasteiger partial charge on any atom is -0.493 e. The highest BCUT2D eigenvalue weighted by Gasteiger charge is 2.21. The molecule has 0 spiro atoms. The molecule has 1 aromatic heterocycles. The van der Waals surface area contributed by atoms with Gasteiger partial charge in [-0.25, -0.2) is 9.97 Å². The minimum absolute atomic E-state index is 0.698. The van der Waals surface area contributed by atoms with Crippen molar-refractivity contribution in [2.24, 2.45) is 5.92 Å². The van der Waals surface area contributed by atoms with Crippen LogP contribution in [0.2, 0.25) is 0 Å². The number of aromatic nitrogens is 2. The Balaban J connectivity index is 0.00000100. The minimum atomic E-state index is 0.698. The molecule has 5 nitrogen and oxygen atoms in total. The lowest BCUT2D eigenvalue weighted by molar-refractivity contribution is 0.355. The normalized spacial score (nSPS) is 15.0. The molecule has 0 amide bonds. The Kier molecular flexibility index (Phi) is 6.64. The first-order valence-corrected chi connectivity index (χ1v) is 8.88. The Morgan fingerprint density at radius 1 is 1.04 bits per heavy atom. The van der Waals surface area contributed by atoms with Gasteiger partial charge in [-0.05, 0) is 24.8 Å². The summed E-state index contributed by atoms with van der Waals surface area (Å²) >= 11 is 0. The molecule has 24 heavy (non-hydrogen) atoms. The van der Waals surface area contributed by atoms with Gasteiger partial charge in [-0.1, -0.05) is 27.2 Å². The predicted molar refractivity (Wildman–Crippen MR) is 99.2 cm³/mol. The zero-order valence-electron chi connectivity index (χ0n) is 15.5. The van der Waals surface area contributed by atoms with E-state index < -0.39 is 0 Å². The molecule has 5 heteroatoms. The Morgan fingerprint density at radius 3 is 2.25 bits per heavy atom.